The molecule has 1 N–H and O–H groups in total. The van der Waals surface area contributed by atoms with Crippen molar-refractivity contribution in [2.75, 3.05) is 17.3 Å². The molecule has 4 nitrogen and oxygen atoms in total. The number of anilines is 4. The molecule has 0 fully saturated rings. The lowest BCUT2D eigenvalue weighted by Crippen LogP contribution is -2.13. The van der Waals surface area contributed by atoms with E-state index in [0.29, 0.717) is 5.95 Å². The van der Waals surface area contributed by atoms with Crippen molar-refractivity contribution in [3.05, 3.63) is 72.4 Å². The molecule has 0 saturated heterocycles. The first kappa shape index (κ1) is 14.1. The number of benzene rings is 2. The summed E-state index contributed by atoms with van der Waals surface area (Å²) in [4.78, 5) is 11.1. The lowest BCUT2D eigenvalue weighted by atomic mass is 10.3. The lowest BCUT2D eigenvalue weighted by molar-refractivity contribution is 1.05. The molecule has 1 aromatic heterocycles. The molecule has 3 rings (SSSR count). The minimum Gasteiger partial charge on any atom is -0.329 e. The third kappa shape index (κ3) is 3.23. The molecule has 1 heterocycles. The summed E-state index contributed by atoms with van der Waals surface area (Å²) in [7, 11) is 2.00. The Balaban J connectivity index is 1.90. The van der Waals surface area contributed by atoms with Gasteiger partial charge in [0.05, 0.1) is 0 Å². The Hall–Kier alpha value is -2.88. The van der Waals surface area contributed by atoms with Crippen LogP contribution in [-0.2, 0) is 0 Å². The van der Waals surface area contributed by atoms with E-state index in [4.69, 9.17) is 0 Å². The second-order valence-electron chi connectivity index (χ2n) is 5.08. The van der Waals surface area contributed by atoms with Crippen molar-refractivity contribution < 1.29 is 0 Å². The largest absolute Gasteiger partial charge is 0.329 e. The average Bonchev–Trinajstić information content (AvgIpc) is 2.55. The van der Waals surface area contributed by atoms with Crippen LogP contribution in [0.25, 0.3) is 0 Å². The average molecular weight is 290 g/mol. The van der Waals surface area contributed by atoms with E-state index in [0.717, 1.165) is 22.9 Å². The van der Waals surface area contributed by atoms with Crippen molar-refractivity contribution in [1.82, 2.24) is 9.97 Å². The van der Waals surface area contributed by atoms with Crippen molar-refractivity contribution in [3.8, 4) is 0 Å². The highest BCUT2D eigenvalue weighted by molar-refractivity contribution is 5.62. The van der Waals surface area contributed by atoms with E-state index < -0.39 is 0 Å². The van der Waals surface area contributed by atoms with Crippen LogP contribution in [0, 0.1) is 6.92 Å². The van der Waals surface area contributed by atoms with Crippen molar-refractivity contribution in [3.63, 3.8) is 0 Å². The third-order valence-corrected chi connectivity index (χ3v) is 3.36. The van der Waals surface area contributed by atoms with E-state index in [1.165, 1.54) is 0 Å². The first-order valence-corrected chi connectivity index (χ1v) is 7.19. The molecule has 2 aromatic carbocycles. The fourth-order valence-electron chi connectivity index (χ4n) is 2.21. The zero-order valence-electron chi connectivity index (χ0n) is 12.7. The molecular weight excluding hydrogens is 272 g/mol. The van der Waals surface area contributed by atoms with Gasteiger partial charge < -0.3 is 10.2 Å². The SMILES string of the molecule is Cc1cc(N(C)c2ccccc2)nc(Nc2ccccc2)n1. The number of hydrogen-bond donors (Lipinski definition) is 1. The third-order valence-electron chi connectivity index (χ3n) is 3.36. The molecule has 3 aromatic rings. The van der Waals surface area contributed by atoms with Crippen LogP contribution < -0.4 is 10.2 Å². The molecule has 4 heteroatoms. The van der Waals surface area contributed by atoms with Crippen LogP contribution >= 0.6 is 0 Å². The minimum atomic E-state index is 0.601. The Morgan fingerprint density at radius 1 is 0.864 bits per heavy atom. The highest BCUT2D eigenvalue weighted by Gasteiger charge is 2.08. The monoisotopic (exact) mass is 290 g/mol. The summed E-state index contributed by atoms with van der Waals surface area (Å²) >= 11 is 0. The highest BCUT2D eigenvalue weighted by atomic mass is 15.2. The molecule has 0 aliphatic rings. The summed E-state index contributed by atoms with van der Waals surface area (Å²) in [6.07, 6.45) is 0. The van der Waals surface area contributed by atoms with E-state index in [1.54, 1.807) is 0 Å². The van der Waals surface area contributed by atoms with Crippen molar-refractivity contribution in [1.29, 1.82) is 0 Å². The predicted molar refractivity (Wildman–Crippen MR) is 91.0 cm³/mol. The predicted octanol–water partition coefficient (Wildman–Crippen LogP) is 4.30. The smallest absolute Gasteiger partial charge is 0.229 e. The van der Waals surface area contributed by atoms with E-state index >= 15 is 0 Å². The number of aryl methyl sites for hydroxylation is 1. The second kappa shape index (κ2) is 6.26. The molecule has 0 radical (unpaired) electrons. The normalized spacial score (nSPS) is 10.3. The Bertz CT molecular complexity index is 742. The maximum atomic E-state index is 4.61. The van der Waals surface area contributed by atoms with Crippen LogP contribution in [0.4, 0.5) is 23.1 Å². The number of hydrogen-bond acceptors (Lipinski definition) is 4. The van der Waals surface area contributed by atoms with Gasteiger partial charge in [-0.05, 0) is 31.2 Å². The van der Waals surface area contributed by atoms with Crippen molar-refractivity contribution >= 4 is 23.1 Å². The number of aromatic nitrogens is 2. The molecule has 0 unspecified atom stereocenters. The second-order valence-corrected chi connectivity index (χ2v) is 5.08. The molecule has 110 valence electrons. The Morgan fingerprint density at radius 2 is 1.50 bits per heavy atom. The van der Waals surface area contributed by atoms with Crippen LogP contribution in [0.3, 0.4) is 0 Å². The molecule has 0 saturated carbocycles. The van der Waals surface area contributed by atoms with Crippen LogP contribution in [0.15, 0.2) is 66.7 Å². The maximum absolute atomic E-state index is 4.61. The molecule has 0 bridgehead atoms. The van der Waals surface area contributed by atoms with Gasteiger partial charge in [0, 0.05) is 30.2 Å². The first-order chi connectivity index (χ1) is 10.7. The van der Waals surface area contributed by atoms with Gasteiger partial charge in [0.15, 0.2) is 0 Å². The van der Waals surface area contributed by atoms with Gasteiger partial charge in [-0.1, -0.05) is 36.4 Å². The molecule has 0 spiro atoms. The van der Waals surface area contributed by atoms with Gasteiger partial charge in [-0.25, -0.2) is 4.98 Å². The van der Waals surface area contributed by atoms with Gasteiger partial charge in [-0.15, -0.1) is 0 Å². The van der Waals surface area contributed by atoms with Gasteiger partial charge in [0.25, 0.3) is 0 Å². The molecular formula is C18H18N4. The van der Waals surface area contributed by atoms with Gasteiger partial charge in [-0.3, -0.25) is 0 Å². The lowest BCUT2D eigenvalue weighted by Gasteiger charge is -2.19. The zero-order chi connectivity index (χ0) is 15.4. The van der Waals surface area contributed by atoms with Crippen molar-refractivity contribution in [2.45, 2.75) is 6.92 Å². The molecule has 0 atom stereocenters. The summed E-state index contributed by atoms with van der Waals surface area (Å²) in [5.74, 6) is 1.46. The Kier molecular flexibility index (Phi) is 4.01. The zero-order valence-corrected chi connectivity index (χ0v) is 12.7. The summed E-state index contributed by atoms with van der Waals surface area (Å²) < 4.78 is 0. The molecule has 0 amide bonds. The first-order valence-electron chi connectivity index (χ1n) is 7.19. The number of nitrogens with zero attached hydrogens (tertiary/aromatic N) is 3. The van der Waals surface area contributed by atoms with E-state index in [-0.39, 0.29) is 0 Å². The van der Waals surface area contributed by atoms with E-state index in [1.807, 2.05) is 73.5 Å². The Morgan fingerprint density at radius 3 is 2.18 bits per heavy atom. The number of para-hydroxylation sites is 2. The minimum absolute atomic E-state index is 0.601. The van der Waals surface area contributed by atoms with Gasteiger partial charge in [0.2, 0.25) is 5.95 Å². The van der Waals surface area contributed by atoms with Crippen molar-refractivity contribution in [2.24, 2.45) is 0 Å². The highest BCUT2D eigenvalue weighted by Crippen LogP contribution is 2.23. The van der Waals surface area contributed by atoms with E-state index in [2.05, 4.69) is 27.4 Å². The quantitative estimate of drug-likeness (QED) is 0.778. The van der Waals surface area contributed by atoms with Crippen LogP contribution in [0.5, 0.6) is 0 Å². The number of rotatable bonds is 4. The summed E-state index contributed by atoms with van der Waals surface area (Å²) in [5, 5.41) is 3.24. The molecule has 0 aliphatic heterocycles. The number of nitrogens with one attached hydrogen (secondary N) is 1. The Labute approximate surface area is 130 Å². The fraction of sp³-hybridized carbons (Fsp3) is 0.111. The molecule has 0 aliphatic carbocycles. The van der Waals surface area contributed by atoms with Crippen LogP contribution in [0.2, 0.25) is 0 Å². The fourth-order valence-corrected chi connectivity index (χ4v) is 2.21. The summed E-state index contributed by atoms with van der Waals surface area (Å²) in [5.41, 5.74) is 2.99. The van der Waals surface area contributed by atoms with Crippen LogP contribution in [-0.4, -0.2) is 17.0 Å². The summed E-state index contributed by atoms with van der Waals surface area (Å²) in [6.45, 7) is 1.97. The standard InChI is InChI=1S/C18H18N4/c1-14-13-17(22(2)16-11-7-4-8-12-16)21-18(19-14)20-15-9-5-3-6-10-15/h3-13H,1-2H3,(H,19,20,21). The van der Waals surface area contributed by atoms with E-state index in [9.17, 15) is 0 Å². The maximum Gasteiger partial charge on any atom is 0.229 e. The van der Waals surface area contributed by atoms with Gasteiger partial charge >= 0.3 is 0 Å². The van der Waals surface area contributed by atoms with Gasteiger partial charge in [-0.2, -0.15) is 4.98 Å². The topological polar surface area (TPSA) is 41.1 Å². The molecule has 22 heavy (non-hydrogen) atoms. The summed E-state index contributed by atoms with van der Waals surface area (Å²) in [6, 6.07) is 22.1. The van der Waals surface area contributed by atoms with Crippen LogP contribution in [0.1, 0.15) is 5.69 Å². The van der Waals surface area contributed by atoms with Gasteiger partial charge in [0.1, 0.15) is 5.82 Å².